The van der Waals surface area contributed by atoms with Gasteiger partial charge in [-0.3, -0.25) is 14.3 Å². The molecule has 5 rings (SSSR count). The molecule has 3 aliphatic rings. The van der Waals surface area contributed by atoms with Gasteiger partial charge < -0.3 is 23.3 Å². The molecule has 0 bridgehead atoms. The highest BCUT2D eigenvalue weighted by Crippen LogP contribution is 2.64. The van der Waals surface area contributed by atoms with Gasteiger partial charge in [0.2, 0.25) is 0 Å². The Balaban J connectivity index is 1.43. The summed E-state index contributed by atoms with van der Waals surface area (Å²) in [6, 6.07) is 12.4. The van der Waals surface area contributed by atoms with Crippen LogP contribution in [0, 0.1) is 18.3 Å². The van der Waals surface area contributed by atoms with Crippen LogP contribution >= 0.6 is 8.53 Å². The zero-order chi connectivity index (χ0) is 27.6. The first-order valence-electron chi connectivity index (χ1n) is 13.4. The number of nitrogens with zero attached hydrogens (tertiary/aromatic N) is 3. The van der Waals surface area contributed by atoms with Gasteiger partial charge in [-0.25, -0.2) is 9.46 Å². The molecule has 210 valence electrons. The van der Waals surface area contributed by atoms with Crippen molar-refractivity contribution in [3.05, 3.63) is 68.5 Å². The fourth-order valence-corrected chi connectivity index (χ4v) is 7.78. The van der Waals surface area contributed by atoms with Gasteiger partial charge >= 0.3 is 5.69 Å². The summed E-state index contributed by atoms with van der Waals surface area (Å²) in [7, 11) is -1.45. The smallest absolute Gasteiger partial charge is 0.330 e. The molecule has 1 aromatic heterocycles. The average molecular weight is 559 g/mol. The lowest BCUT2D eigenvalue weighted by Gasteiger charge is -2.29. The molecule has 1 N–H and O–H groups in total. The number of hydrogen-bond acceptors (Lipinski definition) is 9. The van der Waals surface area contributed by atoms with Crippen molar-refractivity contribution >= 4 is 8.53 Å². The summed E-state index contributed by atoms with van der Waals surface area (Å²) in [4.78, 5) is 27.2. The van der Waals surface area contributed by atoms with Crippen LogP contribution in [0.3, 0.4) is 0 Å². The first-order chi connectivity index (χ1) is 18.9. The summed E-state index contributed by atoms with van der Waals surface area (Å²) in [5, 5.41) is 8.82. The molecule has 0 radical (unpaired) electrons. The number of fused-ring (bicyclic) bond motifs is 1. The Labute approximate surface area is 228 Å². The van der Waals surface area contributed by atoms with Crippen LogP contribution in [0.1, 0.15) is 56.9 Å². The van der Waals surface area contributed by atoms with E-state index in [9.17, 15) is 9.59 Å². The van der Waals surface area contributed by atoms with Crippen molar-refractivity contribution in [3.63, 3.8) is 0 Å². The van der Waals surface area contributed by atoms with Crippen LogP contribution in [0.2, 0.25) is 0 Å². The van der Waals surface area contributed by atoms with Gasteiger partial charge in [0.25, 0.3) is 14.1 Å². The van der Waals surface area contributed by atoms with E-state index in [0.717, 1.165) is 24.9 Å². The molecule has 1 unspecified atom stereocenters. The Bertz CT molecular complexity index is 1300. The zero-order valence-corrected chi connectivity index (χ0v) is 23.3. The van der Waals surface area contributed by atoms with Crippen LogP contribution in [0.15, 0.2) is 46.1 Å². The summed E-state index contributed by atoms with van der Waals surface area (Å²) >= 11 is 0. The lowest BCUT2D eigenvalue weighted by atomic mass is 9.87. The first kappa shape index (κ1) is 28.1. The Morgan fingerprint density at radius 3 is 2.79 bits per heavy atom. The van der Waals surface area contributed by atoms with Crippen LogP contribution in [0.4, 0.5) is 0 Å². The van der Waals surface area contributed by atoms with E-state index >= 15 is 0 Å². The molecule has 7 atom stereocenters. The van der Waals surface area contributed by atoms with Crippen molar-refractivity contribution < 1.29 is 23.3 Å². The summed E-state index contributed by atoms with van der Waals surface area (Å²) in [6.45, 7) is 6.72. The molecule has 0 amide bonds. The lowest BCUT2D eigenvalue weighted by molar-refractivity contribution is -0.137. The Morgan fingerprint density at radius 1 is 1.26 bits per heavy atom. The van der Waals surface area contributed by atoms with Gasteiger partial charge in [-0.15, -0.1) is 0 Å². The van der Waals surface area contributed by atoms with Crippen LogP contribution in [0.25, 0.3) is 0 Å². The number of aromatic amines is 1. The van der Waals surface area contributed by atoms with Gasteiger partial charge in [0.1, 0.15) is 24.6 Å². The van der Waals surface area contributed by atoms with Crippen molar-refractivity contribution in [1.29, 1.82) is 5.26 Å². The van der Waals surface area contributed by atoms with E-state index in [-0.39, 0.29) is 25.9 Å². The van der Waals surface area contributed by atoms with Crippen LogP contribution < -0.4 is 11.2 Å². The number of aryl methyl sites for hydroxylation is 1. The normalized spacial score (nSPS) is 32.4. The van der Waals surface area contributed by atoms with E-state index in [1.807, 2.05) is 31.2 Å². The molecule has 3 aliphatic heterocycles. The fraction of sp³-hybridized carbons (Fsp3) is 0.593. The van der Waals surface area contributed by atoms with Gasteiger partial charge in [-0.1, -0.05) is 37.3 Å². The van der Waals surface area contributed by atoms with E-state index in [1.54, 1.807) is 6.92 Å². The third-order valence-electron chi connectivity index (χ3n) is 7.71. The summed E-state index contributed by atoms with van der Waals surface area (Å²) in [5.74, 6) is 0. The van der Waals surface area contributed by atoms with Crippen molar-refractivity contribution in [2.45, 2.75) is 82.6 Å². The largest absolute Gasteiger partial charge is 0.354 e. The topological polar surface area (TPSA) is 128 Å². The summed E-state index contributed by atoms with van der Waals surface area (Å²) < 4.78 is 35.2. The monoisotopic (exact) mass is 558 g/mol. The standard InChI is InChI=1S/C27H35N4O7P/c1-4-20-22(37-39-31-14-8-12-21(31)27(3,38-39)19-10-6-5-7-11-19)23(35-17-34-15-9-13-28)25(36-20)30-16-18(2)24(32)29-26(30)33/h5-7,10-11,16,20-23,25H,4,8-9,12,14-15,17H2,1-3H3,(H,29,32,33)/t20-,21+,22+,23?,25-,27-,39+/m1/s1. The minimum absolute atomic E-state index is 0.105. The third-order valence-corrected chi connectivity index (χ3v) is 9.56. The number of nitriles is 1. The van der Waals surface area contributed by atoms with Crippen LogP contribution in [0.5, 0.6) is 0 Å². The molecular formula is C27H35N4O7P. The van der Waals surface area contributed by atoms with Crippen molar-refractivity contribution in [2.24, 2.45) is 0 Å². The van der Waals surface area contributed by atoms with Crippen LogP contribution in [-0.4, -0.2) is 58.5 Å². The molecule has 0 spiro atoms. The second-order valence-electron chi connectivity index (χ2n) is 10.2. The number of rotatable bonds is 10. The van der Waals surface area contributed by atoms with Crippen molar-refractivity contribution in [1.82, 2.24) is 14.2 Å². The number of benzene rings is 1. The van der Waals surface area contributed by atoms with Crippen molar-refractivity contribution in [3.8, 4) is 6.07 Å². The molecule has 11 nitrogen and oxygen atoms in total. The van der Waals surface area contributed by atoms with Crippen molar-refractivity contribution in [2.75, 3.05) is 19.9 Å². The minimum Gasteiger partial charge on any atom is -0.354 e. The van der Waals surface area contributed by atoms with Gasteiger partial charge in [0.05, 0.1) is 31.2 Å². The predicted molar refractivity (Wildman–Crippen MR) is 143 cm³/mol. The van der Waals surface area contributed by atoms with E-state index in [0.29, 0.717) is 12.0 Å². The molecule has 3 saturated heterocycles. The molecule has 4 heterocycles. The number of H-pyrrole nitrogens is 1. The van der Waals surface area contributed by atoms with Gasteiger partial charge in [-0.2, -0.15) is 5.26 Å². The Hall–Kier alpha value is -2.42. The number of hydrogen-bond donors (Lipinski definition) is 1. The number of aromatic nitrogens is 2. The van der Waals surface area contributed by atoms with E-state index in [1.165, 1.54) is 10.8 Å². The minimum atomic E-state index is -1.45. The number of ether oxygens (including phenoxy) is 3. The van der Waals surface area contributed by atoms with Crippen LogP contribution in [-0.2, 0) is 28.9 Å². The molecule has 39 heavy (non-hydrogen) atoms. The number of nitrogens with one attached hydrogen (secondary N) is 1. The fourth-order valence-electron chi connectivity index (χ4n) is 5.63. The molecule has 0 aliphatic carbocycles. The predicted octanol–water partition coefficient (Wildman–Crippen LogP) is 3.45. The summed E-state index contributed by atoms with van der Waals surface area (Å²) in [6.07, 6.45) is 1.84. The highest BCUT2D eigenvalue weighted by atomic mass is 31.2. The Kier molecular flexibility index (Phi) is 8.64. The zero-order valence-electron chi connectivity index (χ0n) is 22.4. The first-order valence-corrected chi connectivity index (χ1v) is 14.5. The van der Waals surface area contributed by atoms with Gasteiger partial charge in [0, 0.05) is 18.3 Å². The summed E-state index contributed by atoms with van der Waals surface area (Å²) in [5.41, 5.74) is -0.0780. The molecule has 0 saturated carbocycles. The highest BCUT2D eigenvalue weighted by molar-refractivity contribution is 7.45. The molecule has 2 aromatic rings. The maximum absolute atomic E-state index is 12.8. The molecule has 1 aromatic carbocycles. The highest BCUT2D eigenvalue weighted by Gasteiger charge is 2.57. The average Bonchev–Trinajstić information content (AvgIpc) is 3.62. The second kappa shape index (κ2) is 12.0. The molecule has 12 heteroatoms. The maximum atomic E-state index is 12.8. The molecular weight excluding hydrogens is 523 g/mol. The lowest BCUT2D eigenvalue weighted by Crippen LogP contribution is -2.41. The quantitative estimate of drug-likeness (QED) is 0.265. The second-order valence-corrected chi connectivity index (χ2v) is 11.6. The molecule has 3 fully saturated rings. The third kappa shape index (κ3) is 5.48. The van der Waals surface area contributed by atoms with E-state index in [4.69, 9.17) is 28.5 Å². The Morgan fingerprint density at radius 2 is 2.05 bits per heavy atom. The van der Waals surface area contributed by atoms with Gasteiger partial charge in [-0.05, 0) is 38.7 Å². The van der Waals surface area contributed by atoms with E-state index < -0.39 is 49.9 Å². The maximum Gasteiger partial charge on any atom is 0.330 e. The van der Waals surface area contributed by atoms with Gasteiger partial charge in [0.15, 0.2) is 6.23 Å². The van der Waals surface area contributed by atoms with E-state index in [2.05, 4.69) is 28.7 Å². The SMILES string of the molecule is CC[C@H]1O[C@@H](n2cc(C)c(=O)[nH]c2=O)C(OCOCCC#N)[C@H]1O[P@@]1O[C@](C)(c2ccccc2)[C@@H]2CCCN21.